The summed E-state index contributed by atoms with van der Waals surface area (Å²) in [5.41, 5.74) is 7.20. The van der Waals surface area contributed by atoms with Crippen LogP contribution in [0.2, 0.25) is 5.02 Å². The number of fused-ring (bicyclic) bond motifs is 4. The second-order valence-electron chi connectivity index (χ2n) is 9.27. The van der Waals surface area contributed by atoms with Gasteiger partial charge in [0.25, 0.3) is 0 Å². The van der Waals surface area contributed by atoms with Gasteiger partial charge < -0.3 is 4.74 Å². The zero-order chi connectivity index (χ0) is 24.2. The maximum Gasteiger partial charge on any atom is 0.183 e. The number of H-pyrrole nitrogens is 1. The molecule has 0 fully saturated rings. The minimum absolute atomic E-state index is 0.579. The Bertz CT molecular complexity index is 1600. The highest BCUT2D eigenvalue weighted by atomic mass is 35.5. The summed E-state index contributed by atoms with van der Waals surface area (Å²) in [6, 6.07) is 24.1. The van der Waals surface area contributed by atoms with Gasteiger partial charge in [0, 0.05) is 27.9 Å². The van der Waals surface area contributed by atoms with E-state index in [-0.39, 0.29) is 0 Å². The second-order valence-corrected chi connectivity index (χ2v) is 9.70. The molecule has 6 rings (SSSR count). The molecule has 1 N–H and O–H groups in total. The van der Waals surface area contributed by atoms with Gasteiger partial charge in [-0.25, -0.2) is 9.98 Å². The van der Waals surface area contributed by atoms with Crippen LogP contribution < -0.4 is 4.74 Å². The van der Waals surface area contributed by atoms with Gasteiger partial charge in [-0.2, -0.15) is 5.10 Å². The van der Waals surface area contributed by atoms with Crippen molar-refractivity contribution in [1.29, 1.82) is 0 Å². The normalized spacial score (nSPS) is 14.1. The fraction of sp³-hybridized carbons (Fsp3) is 0.138. The van der Waals surface area contributed by atoms with Crippen LogP contribution in [0.1, 0.15) is 30.5 Å². The molecule has 5 nitrogen and oxygen atoms in total. The van der Waals surface area contributed by atoms with Crippen LogP contribution in [0.15, 0.2) is 77.8 Å². The molecule has 35 heavy (non-hydrogen) atoms. The van der Waals surface area contributed by atoms with Crippen molar-refractivity contribution >= 4 is 34.7 Å². The summed E-state index contributed by atoms with van der Waals surface area (Å²) in [7, 11) is 0. The Morgan fingerprint density at radius 1 is 0.971 bits per heavy atom. The molecule has 0 aliphatic carbocycles. The molecule has 0 atom stereocenters. The van der Waals surface area contributed by atoms with E-state index >= 15 is 0 Å². The topological polar surface area (TPSA) is 63.2 Å². The number of para-hydroxylation sites is 1. The molecule has 0 radical (unpaired) electrons. The lowest BCUT2D eigenvalue weighted by molar-refractivity contribution is 0.106. The molecular weight excluding hydrogens is 456 g/mol. The largest absolute Gasteiger partial charge is 0.482 e. The first kappa shape index (κ1) is 21.6. The van der Waals surface area contributed by atoms with E-state index < -0.39 is 5.60 Å². The summed E-state index contributed by atoms with van der Waals surface area (Å²) < 4.78 is 6.52. The molecule has 0 unspecified atom stereocenters. The number of hydrogen-bond donors (Lipinski definition) is 1. The van der Waals surface area contributed by atoms with E-state index in [4.69, 9.17) is 26.3 Å². The average Bonchev–Trinajstić information content (AvgIpc) is 3.25. The predicted molar refractivity (Wildman–Crippen MR) is 142 cm³/mol. The van der Waals surface area contributed by atoms with Gasteiger partial charge in [0.2, 0.25) is 0 Å². The number of aliphatic imine (C=N–C) groups is 1. The molecular formula is C29H23ClN4O. The molecule has 172 valence electrons. The van der Waals surface area contributed by atoms with E-state index in [0.717, 1.165) is 44.6 Å². The van der Waals surface area contributed by atoms with Crippen LogP contribution in [0.3, 0.4) is 0 Å². The van der Waals surface area contributed by atoms with Crippen LogP contribution in [-0.2, 0) is 5.60 Å². The lowest BCUT2D eigenvalue weighted by atomic mass is 9.82. The van der Waals surface area contributed by atoms with Gasteiger partial charge >= 0.3 is 0 Å². The van der Waals surface area contributed by atoms with E-state index in [2.05, 4.69) is 61.3 Å². The number of nitrogens with one attached hydrogen (secondary N) is 1. The standard InChI is InChI=1S/C29H23ClN4O/c1-17-8-12-19(13-9-17)23-24-27(31-16-18-10-14-20(30)15-11-18)33-34-28(24)32-26-21-6-4-5-7-22(21)35-29(2,3)25(23)26/h4-16H,1-3H3,(H,32,33,34). The number of benzene rings is 3. The molecule has 1 aliphatic rings. The molecule has 3 aromatic carbocycles. The highest BCUT2D eigenvalue weighted by Gasteiger charge is 2.38. The van der Waals surface area contributed by atoms with Crippen molar-refractivity contribution in [3.05, 3.63) is 94.5 Å². The number of aromatic amines is 1. The van der Waals surface area contributed by atoms with Crippen molar-refractivity contribution in [3.8, 4) is 28.1 Å². The molecule has 0 saturated heterocycles. The molecule has 6 heteroatoms. The minimum atomic E-state index is -0.612. The van der Waals surface area contributed by atoms with Crippen LogP contribution in [0, 0.1) is 6.92 Å². The fourth-order valence-corrected chi connectivity index (χ4v) is 4.82. The number of hydrogen-bond acceptors (Lipinski definition) is 4. The Kier molecular flexibility index (Phi) is 4.97. The van der Waals surface area contributed by atoms with E-state index in [1.165, 1.54) is 5.56 Å². The summed E-state index contributed by atoms with van der Waals surface area (Å²) in [6.07, 6.45) is 1.79. The van der Waals surface area contributed by atoms with Gasteiger partial charge in [-0.05, 0) is 56.2 Å². The van der Waals surface area contributed by atoms with Crippen LogP contribution in [0.5, 0.6) is 5.75 Å². The maximum absolute atomic E-state index is 6.52. The van der Waals surface area contributed by atoms with E-state index in [9.17, 15) is 0 Å². The average molecular weight is 479 g/mol. The number of rotatable bonds is 3. The molecule has 0 saturated carbocycles. The molecule has 2 aromatic heterocycles. The van der Waals surface area contributed by atoms with Gasteiger partial charge in [-0.15, -0.1) is 0 Å². The van der Waals surface area contributed by atoms with Crippen molar-refractivity contribution in [2.75, 3.05) is 0 Å². The Balaban J connectivity index is 1.66. The van der Waals surface area contributed by atoms with E-state index in [0.29, 0.717) is 16.5 Å². The lowest BCUT2D eigenvalue weighted by Crippen LogP contribution is -2.30. The predicted octanol–water partition coefficient (Wildman–Crippen LogP) is 7.63. The van der Waals surface area contributed by atoms with Crippen molar-refractivity contribution in [2.45, 2.75) is 26.4 Å². The number of halogens is 1. The Morgan fingerprint density at radius 3 is 2.49 bits per heavy atom. The number of ether oxygens (including phenoxy) is 1. The van der Waals surface area contributed by atoms with Crippen molar-refractivity contribution in [1.82, 2.24) is 15.2 Å². The SMILES string of the molecule is Cc1ccc(-c2c3c(nc4[nH]nc(N=Cc5ccc(Cl)cc5)c24)-c2ccccc2OC3(C)C)cc1. The van der Waals surface area contributed by atoms with Crippen LogP contribution in [0.4, 0.5) is 5.82 Å². The summed E-state index contributed by atoms with van der Waals surface area (Å²) in [5, 5.41) is 9.24. The first-order valence-electron chi connectivity index (χ1n) is 11.5. The molecule has 0 bridgehead atoms. The minimum Gasteiger partial charge on any atom is -0.482 e. The van der Waals surface area contributed by atoms with E-state index in [1.54, 1.807) is 6.21 Å². The highest BCUT2D eigenvalue weighted by molar-refractivity contribution is 6.30. The molecule has 0 amide bonds. The summed E-state index contributed by atoms with van der Waals surface area (Å²) in [4.78, 5) is 9.80. The summed E-state index contributed by atoms with van der Waals surface area (Å²) >= 11 is 6.04. The number of aryl methyl sites for hydroxylation is 1. The zero-order valence-corrected chi connectivity index (χ0v) is 20.4. The summed E-state index contributed by atoms with van der Waals surface area (Å²) in [5.74, 6) is 1.41. The number of nitrogens with zero attached hydrogens (tertiary/aromatic N) is 3. The molecule has 1 aliphatic heterocycles. The third-order valence-corrected chi connectivity index (χ3v) is 6.60. The number of aromatic nitrogens is 3. The summed E-state index contributed by atoms with van der Waals surface area (Å²) in [6.45, 7) is 6.26. The Labute approximate surface area is 208 Å². The molecule has 3 heterocycles. The van der Waals surface area contributed by atoms with Gasteiger partial charge in [0.15, 0.2) is 11.5 Å². The quantitative estimate of drug-likeness (QED) is 0.271. The van der Waals surface area contributed by atoms with Crippen molar-refractivity contribution in [2.24, 2.45) is 4.99 Å². The van der Waals surface area contributed by atoms with Gasteiger partial charge in [-0.1, -0.05) is 65.7 Å². The fourth-order valence-electron chi connectivity index (χ4n) is 4.69. The van der Waals surface area contributed by atoms with Crippen molar-refractivity contribution in [3.63, 3.8) is 0 Å². The molecule has 0 spiro atoms. The first-order valence-corrected chi connectivity index (χ1v) is 11.9. The third kappa shape index (κ3) is 3.69. The smallest absolute Gasteiger partial charge is 0.183 e. The van der Waals surface area contributed by atoms with E-state index in [1.807, 2.05) is 42.5 Å². The second kappa shape index (κ2) is 8.07. The molecule has 5 aromatic rings. The number of pyridine rings is 1. The Morgan fingerprint density at radius 2 is 1.71 bits per heavy atom. The maximum atomic E-state index is 6.52. The van der Waals surface area contributed by atoms with Crippen LogP contribution >= 0.6 is 11.6 Å². The van der Waals surface area contributed by atoms with Gasteiger partial charge in [0.1, 0.15) is 11.4 Å². The zero-order valence-electron chi connectivity index (χ0n) is 19.6. The lowest BCUT2D eigenvalue weighted by Gasteiger charge is -2.36. The Hall–Kier alpha value is -3.96. The van der Waals surface area contributed by atoms with Crippen LogP contribution in [-0.4, -0.2) is 21.4 Å². The monoisotopic (exact) mass is 478 g/mol. The first-order chi connectivity index (χ1) is 16.9. The van der Waals surface area contributed by atoms with Gasteiger partial charge in [-0.3, -0.25) is 5.10 Å². The third-order valence-electron chi connectivity index (χ3n) is 6.34. The van der Waals surface area contributed by atoms with Crippen molar-refractivity contribution < 1.29 is 4.74 Å². The highest BCUT2D eigenvalue weighted by Crippen LogP contribution is 2.50. The van der Waals surface area contributed by atoms with Crippen LogP contribution in [0.25, 0.3) is 33.4 Å². The van der Waals surface area contributed by atoms with Gasteiger partial charge in [0.05, 0.1) is 11.1 Å².